The van der Waals surface area contributed by atoms with Crippen molar-refractivity contribution in [1.29, 1.82) is 0 Å². The molecule has 0 unspecified atom stereocenters. The Hall–Kier alpha value is -3.71. The molecule has 0 bridgehead atoms. The molecular weight excluding hydrogens is 380 g/mol. The molecule has 1 amide bonds. The van der Waals surface area contributed by atoms with Crippen molar-refractivity contribution in [2.24, 2.45) is 0 Å². The lowest BCUT2D eigenvalue weighted by Crippen LogP contribution is -2.13. The topological polar surface area (TPSA) is 89.5 Å². The van der Waals surface area contributed by atoms with Gasteiger partial charge >= 0.3 is 0 Å². The number of benzene rings is 2. The van der Waals surface area contributed by atoms with Gasteiger partial charge in [0.25, 0.3) is 11.6 Å². The van der Waals surface area contributed by atoms with E-state index < -0.39 is 10.8 Å². The minimum Gasteiger partial charge on any atom is -0.321 e. The molecular formula is C20H13ClN4O3. The first-order valence-corrected chi connectivity index (χ1v) is 8.69. The van der Waals surface area contributed by atoms with Crippen LogP contribution in [-0.4, -0.2) is 20.2 Å². The van der Waals surface area contributed by atoms with Crippen LogP contribution >= 0.6 is 11.6 Å². The quantitative estimate of drug-likeness (QED) is 0.398. The number of amides is 1. The summed E-state index contributed by atoms with van der Waals surface area (Å²) in [6, 6.07) is 16.6. The first-order valence-electron chi connectivity index (χ1n) is 8.31. The second kappa shape index (κ2) is 7.13. The molecule has 4 rings (SSSR count). The normalized spacial score (nSPS) is 10.8. The smallest absolute Gasteiger partial charge is 0.270 e. The summed E-state index contributed by atoms with van der Waals surface area (Å²) in [7, 11) is 0. The van der Waals surface area contributed by atoms with E-state index in [4.69, 9.17) is 11.6 Å². The molecule has 4 aromatic rings. The average molecular weight is 393 g/mol. The predicted molar refractivity (Wildman–Crippen MR) is 107 cm³/mol. The highest BCUT2D eigenvalue weighted by Gasteiger charge is 2.18. The minimum absolute atomic E-state index is 0.0284. The molecule has 0 saturated carbocycles. The second-order valence-electron chi connectivity index (χ2n) is 6.01. The molecule has 2 aromatic heterocycles. The molecule has 2 heterocycles. The lowest BCUT2D eigenvalue weighted by molar-refractivity contribution is -0.384. The number of anilines is 1. The summed E-state index contributed by atoms with van der Waals surface area (Å²) in [6.45, 7) is 0. The zero-order chi connectivity index (χ0) is 19.7. The number of carbonyl (C=O) groups is 1. The number of halogens is 1. The van der Waals surface area contributed by atoms with Crippen molar-refractivity contribution in [2.75, 3.05) is 5.32 Å². The summed E-state index contributed by atoms with van der Waals surface area (Å²) in [5.41, 5.74) is 2.54. The Morgan fingerprint density at radius 3 is 2.68 bits per heavy atom. The van der Waals surface area contributed by atoms with Crippen LogP contribution in [0.3, 0.4) is 0 Å². The monoisotopic (exact) mass is 392 g/mol. The minimum atomic E-state index is -0.572. The van der Waals surface area contributed by atoms with Crippen molar-refractivity contribution in [3.63, 3.8) is 0 Å². The Morgan fingerprint density at radius 2 is 1.89 bits per heavy atom. The number of nitro benzene ring substituents is 1. The van der Waals surface area contributed by atoms with Crippen LogP contribution < -0.4 is 5.32 Å². The number of non-ortho nitro benzene ring substituents is 1. The Balaban J connectivity index is 1.71. The Kier molecular flexibility index (Phi) is 4.50. The number of carbonyl (C=O) groups excluding carboxylic acids is 1. The number of hydrogen-bond acceptors (Lipinski definition) is 4. The number of pyridine rings is 1. The van der Waals surface area contributed by atoms with E-state index >= 15 is 0 Å². The number of aromatic nitrogens is 2. The van der Waals surface area contributed by atoms with Gasteiger partial charge < -0.3 is 9.72 Å². The molecule has 7 nitrogen and oxygen atoms in total. The third-order valence-electron chi connectivity index (χ3n) is 4.22. The lowest BCUT2D eigenvalue weighted by Gasteiger charge is -2.10. The van der Waals surface area contributed by atoms with Gasteiger partial charge in [0.15, 0.2) is 0 Å². The molecule has 0 atom stereocenters. The van der Waals surface area contributed by atoms with Gasteiger partial charge in [0.05, 0.1) is 26.9 Å². The molecule has 0 aliphatic rings. The fraction of sp³-hybridized carbons (Fsp3) is 0. The van der Waals surface area contributed by atoms with Crippen LogP contribution in [0.25, 0.3) is 16.9 Å². The van der Waals surface area contributed by atoms with Crippen LogP contribution in [0.1, 0.15) is 10.4 Å². The van der Waals surface area contributed by atoms with Crippen molar-refractivity contribution in [1.82, 2.24) is 9.38 Å². The van der Waals surface area contributed by atoms with Crippen LogP contribution in [0.2, 0.25) is 5.02 Å². The van der Waals surface area contributed by atoms with Crippen molar-refractivity contribution in [2.45, 2.75) is 0 Å². The fourth-order valence-electron chi connectivity index (χ4n) is 2.87. The SMILES string of the molecule is O=C(Nc1ccccc1-c1cn2ccccc2n1)c1cc([N+](=O)[O-])ccc1Cl. The molecule has 1 N–H and O–H groups in total. The van der Waals surface area contributed by atoms with Crippen LogP contribution in [0, 0.1) is 10.1 Å². The summed E-state index contributed by atoms with van der Waals surface area (Å²) in [5.74, 6) is -0.537. The zero-order valence-corrected chi connectivity index (χ0v) is 15.1. The van der Waals surface area contributed by atoms with E-state index in [1.807, 2.05) is 47.1 Å². The summed E-state index contributed by atoms with van der Waals surface area (Å²) in [4.78, 5) is 27.7. The molecule has 0 radical (unpaired) electrons. The van der Waals surface area contributed by atoms with Crippen molar-refractivity contribution < 1.29 is 9.72 Å². The molecule has 28 heavy (non-hydrogen) atoms. The zero-order valence-electron chi connectivity index (χ0n) is 14.4. The largest absolute Gasteiger partial charge is 0.321 e. The summed E-state index contributed by atoms with van der Waals surface area (Å²) in [6.07, 6.45) is 3.75. The van der Waals surface area contributed by atoms with E-state index in [2.05, 4.69) is 10.3 Å². The molecule has 138 valence electrons. The highest BCUT2D eigenvalue weighted by molar-refractivity contribution is 6.34. The standard InChI is InChI=1S/C20H13ClN4O3/c21-16-9-8-13(25(27)28)11-15(16)20(26)23-17-6-2-1-5-14(17)18-12-24-10-4-3-7-19(24)22-18/h1-12H,(H,23,26). The first-order chi connectivity index (χ1) is 13.5. The third-order valence-corrected chi connectivity index (χ3v) is 4.55. The first kappa shape index (κ1) is 17.7. The second-order valence-corrected chi connectivity index (χ2v) is 6.42. The summed E-state index contributed by atoms with van der Waals surface area (Å²) >= 11 is 6.07. The van der Waals surface area contributed by atoms with Crippen molar-refractivity contribution >= 4 is 34.5 Å². The molecule has 2 aromatic carbocycles. The van der Waals surface area contributed by atoms with Gasteiger partial charge in [-0.05, 0) is 24.3 Å². The van der Waals surface area contributed by atoms with Crippen LogP contribution in [-0.2, 0) is 0 Å². The fourth-order valence-corrected chi connectivity index (χ4v) is 3.07. The number of imidazole rings is 1. The molecule has 0 spiro atoms. The van der Waals surface area contributed by atoms with E-state index in [0.717, 1.165) is 17.3 Å². The van der Waals surface area contributed by atoms with E-state index in [9.17, 15) is 14.9 Å². The van der Waals surface area contributed by atoms with Gasteiger partial charge in [-0.2, -0.15) is 0 Å². The number of nitrogens with one attached hydrogen (secondary N) is 1. The maximum Gasteiger partial charge on any atom is 0.270 e. The van der Waals surface area contributed by atoms with Gasteiger partial charge in [-0.1, -0.05) is 35.9 Å². The maximum atomic E-state index is 12.7. The van der Waals surface area contributed by atoms with Crippen LogP contribution in [0.15, 0.2) is 73.1 Å². The van der Waals surface area contributed by atoms with E-state index in [1.54, 1.807) is 12.1 Å². The van der Waals surface area contributed by atoms with Gasteiger partial charge in [0.2, 0.25) is 0 Å². The molecule has 0 saturated heterocycles. The van der Waals surface area contributed by atoms with Gasteiger partial charge in [0, 0.05) is 30.1 Å². The van der Waals surface area contributed by atoms with E-state index in [-0.39, 0.29) is 16.3 Å². The predicted octanol–water partition coefficient (Wildman–Crippen LogP) is 4.82. The average Bonchev–Trinajstić information content (AvgIpc) is 3.12. The summed E-state index contributed by atoms with van der Waals surface area (Å²) < 4.78 is 1.88. The molecule has 0 aliphatic heterocycles. The number of rotatable bonds is 4. The van der Waals surface area contributed by atoms with Crippen molar-refractivity contribution in [3.05, 3.63) is 93.8 Å². The number of nitrogens with zero attached hydrogens (tertiary/aromatic N) is 3. The highest BCUT2D eigenvalue weighted by Crippen LogP contribution is 2.29. The van der Waals surface area contributed by atoms with Gasteiger partial charge in [-0.3, -0.25) is 14.9 Å². The van der Waals surface area contributed by atoms with Crippen LogP contribution in [0.4, 0.5) is 11.4 Å². The number of nitro groups is 1. The maximum absolute atomic E-state index is 12.7. The van der Waals surface area contributed by atoms with E-state index in [0.29, 0.717) is 11.4 Å². The van der Waals surface area contributed by atoms with Crippen molar-refractivity contribution in [3.8, 4) is 11.3 Å². The summed E-state index contributed by atoms with van der Waals surface area (Å²) in [5, 5.41) is 13.9. The highest BCUT2D eigenvalue weighted by atomic mass is 35.5. The molecule has 0 aliphatic carbocycles. The van der Waals surface area contributed by atoms with Gasteiger partial charge in [-0.25, -0.2) is 4.98 Å². The van der Waals surface area contributed by atoms with Gasteiger partial charge in [-0.15, -0.1) is 0 Å². The number of para-hydroxylation sites is 1. The Labute approximate surface area is 164 Å². The molecule has 0 fully saturated rings. The van der Waals surface area contributed by atoms with Gasteiger partial charge in [0.1, 0.15) is 5.65 Å². The molecule has 8 heteroatoms. The van der Waals surface area contributed by atoms with E-state index in [1.165, 1.54) is 12.1 Å². The Morgan fingerprint density at radius 1 is 1.11 bits per heavy atom. The third kappa shape index (κ3) is 3.30. The number of fused-ring (bicyclic) bond motifs is 1. The lowest BCUT2D eigenvalue weighted by atomic mass is 10.1. The Bertz CT molecular complexity index is 1190. The number of hydrogen-bond donors (Lipinski definition) is 1. The van der Waals surface area contributed by atoms with Crippen LogP contribution in [0.5, 0.6) is 0 Å².